The van der Waals surface area contributed by atoms with Crippen LogP contribution in [-0.4, -0.2) is 45.4 Å². The van der Waals surface area contributed by atoms with E-state index in [2.05, 4.69) is 9.62 Å². The van der Waals surface area contributed by atoms with Crippen molar-refractivity contribution in [3.63, 3.8) is 0 Å². The van der Waals surface area contributed by atoms with Crippen molar-refractivity contribution < 1.29 is 13.2 Å². The summed E-state index contributed by atoms with van der Waals surface area (Å²) in [6.45, 7) is 5.22. The minimum Gasteiger partial charge on any atom is -0.370 e. The van der Waals surface area contributed by atoms with Gasteiger partial charge in [-0.25, -0.2) is 8.42 Å². The van der Waals surface area contributed by atoms with Gasteiger partial charge < -0.3 is 9.80 Å². The van der Waals surface area contributed by atoms with Crippen LogP contribution >= 0.6 is 0 Å². The number of benzene rings is 2. The summed E-state index contributed by atoms with van der Waals surface area (Å²) < 4.78 is 28.7. The van der Waals surface area contributed by atoms with Crippen LogP contribution in [0.2, 0.25) is 0 Å². The van der Waals surface area contributed by atoms with Gasteiger partial charge in [0, 0.05) is 31.7 Å². The van der Waals surface area contributed by atoms with Crippen LogP contribution in [0.15, 0.2) is 47.4 Å². The van der Waals surface area contributed by atoms with E-state index in [1.54, 1.807) is 30.3 Å². The summed E-state index contributed by atoms with van der Waals surface area (Å²) in [5, 5.41) is 0. The van der Waals surface area contributed by atoms with Crippen LogP contribution in [0.3, 0.4) is 0 Å². The number of hydrogen-bond acceptors (Lipinski definition) is 4. The van der Waals surface area contributed by atoms with Crippen molar-refractivity contribution in [3.8, 4) is 0 Å². The molecule has 1 amide bonds. The van der Waals surface area contributed by atoms with Crippen LogP contribution in [0, 0.1) is 6.92 Å². The van der Waals surface area contributed by atoms with E-state index >= 15 is 0 Å². The number of sulfonamides is 1. The van der Waals surface area contributed by atoms with E-state index in [4.69, 9.17) is 0 Å². The zero-order chi connectivity index (χ0) is 20.4. The van der Waals surface area contributed by atoms with Crippen molar-refractivity contribution in [1.82, 2.24) is 4.90 Å². The normalized spacial score (nSPS) is 17.0. The largest absolute Gasteiger partial charge is 0.370 e. The molecule has 2 saturated heterocycles. The topological polar surface area (TPSA) is 69.7 Å². The Hall–Kier alpha value is -2.54. The first-order valence-electron chi connectivity index (χ1n) is 10.2. The zero-order valence-electron chi connectivity index (χ0n) is 16.7. The Morgan fingerprint density at radius 3 is 2.17 bits per heavy atom. The molecule has 0 bridgehead atoms. The predicted molar refractivity (Wildman–Crippen MR) is 115 cm³/mol. The highest BCUT2D eigenvalue weighted by molar-refractivity contribution is 7.92. The van der Waals surface area contributed by atoms with Gasteiger partial charge in [0.2, 0.25) is 0 Å². The Morgan fingerprint density at radius 1 is 0.897 bits per heavy atom. The third-order valence-electron chi connectivity index (χ3n) is 5.66. The summed E-state index contributed by atoms with van der Waals surface area (Å²) in [7, 11) is -3.75. The fraction of sp³-hybridized carbons (Fsp3) is 0.409. The van der Waals surface area contributed by atoms with Gasteiger partial charge >= 0.3 is 0 Å². The van der Waals surface area contributed by atoms with Crippen LogP contribution < -0.4 is 9.62 Å². The van der Waals surface area contributed by atoms with Gasteiger partial charge in [-0.15, -0.1) is 0 Å². The van der Waals surface area contributed by atoms with Gasteiger partial charge in [-0.1, -0.05) is 17.7 Å². The second-order valence-corrected chi connectivity index (χ2v) is 9.53. The average molecular weight is 414 g/mol. The van der Waals surface area contributed by atoms with Crippen molar-refractivity contribution in [2.24, 2.45) is 0 Å². The van der Waals surface area contributed by atoms with Crippen molar-refractivity contribution >= 4 is 27.3 Å². The maximum Gasteiger partial charge on any atom is 0.261 e. The maximum atomic E-state index is 13.0. The SMILES string of the molecule is Cc1ccc(S(=O)(=O)Nc2cc(C(=O)N3CCCC3)ccc2N2CCCC2)cc1. The second-order valence-electron chi connectivity index (χ2n) is 7.84. The summed E-state index contributed by atoms with van der Waals surface area (Å²) in [6.07, 6.45) is 4.20. The van der Waals surface area contributed by atoms with Crippen molar-refractivity contribution in [2.45, 2.75) is 37.5 Å². The molecule has 2 aromatic rings. The number of nitrogens with zero attached hydrogens (tertiary/aromatic N) is 2. The van der Waals surface area contributed by atoms with Gasteiger partial charge in [0.15, 0.2) is 0 Å². The number of nitrogens with one attached hydrogen (secondary N) is 1. The Labute approximate surface area is 172 Å². The first-order chi connectivity index (χ1) is 13.9. The van der Waals surface area contributed by atoms with Gasteiger partial charge in [-0.2, -0.15) is 0 Å². The lowest BCUT2D eigenvalue weighted by atomic mass is 10.1. The Kier molecular flexibility index (Phi) is 5.50. The molecule has 154 valence electrons. The van der Waals surface area contributed by atoms with E-state index in [9.17, 15) is 13.2 Å². The number of hydrogen-bond donors (Lipinski definition) is 1. The summed E-state index contributed by atoms with van der Waals surface area (Å²) >= 11 is 0. The Bertz CT molecular complexity index is 990. The molecule has 29 heavy (non-hydrogen) atoms. The van der Waals surface area contributed by atoms with Gasteiger partial charge in [0.25, 0.3) is 15.9 Å². The molecule has 0 saturated carbocycles. The number of carbonyl (C=O) groups is 1. The molecule has 1 N–H and O–H groups in total. The van der Waals surface area contributed by atoms with Crippen molar-refractivity contribution in [1.29, 1.82) is 0 Å². The van der Waals surface area contributed by atoms with Crippen LogP contribution in [0.4, 0.5) is 11.4 Å². The second kappa shape index (κ2) is 8.06. The van der Waals surface area contributed by atoms with Gasteiger partial charge in [-0.05, 0) is 62.9 Å². The van der Waals surface area contributed by atoms with Crippen LogP contribution in [0.25, 0.3) is 0 Å². The number of anilines is 2. The highest BCUT2D eigenvalue weighted by Gasteiger charge is 2.24. The first kappa shape index (κ1) is 19.8. The lowest BCUT2D eigenvalue weighted by molar-refractivity contribution is 0.0793. The predicted octanol–water partition coefficient (Wildman–Crippen LogP) is 3.63. The number of rotatable bonds is 5. The third-order valence-corrected chi connectivity index (χ3v) is 7.04. The molecule has 2 heterocycles. The number of likely N-dealkylation sites (tertiary alicyclic amines) is 1. The molecular weight excluding hydrogens is 386 g/mol. The van der Waals surface area contributed by atoms with Crippen LogP contribution in [0.5, 0.6) is 0 Å². The molecule has 0 spiro atoms. The van der Waals surface area contributed by atoms with Crippen LogP contribution in [-0.2, 0) is 10.0 Å². The third kappa shape index (κ3) is 4.24. The smallest absolute Gasteiger partial charge is 0.261 e. The molecule has 7 heteroatoms. The van der Waals surface area contributed by atoms with Gasteiger partial charge in [0.1, 0.15) is 0 Å². The summed E-state index contributed by atoms with van der Waals surface area (Å²) in [5.41, 5.74) is 2.82. The lowest BCUT2D eigenvalue weighted by Gasteiger charge is -2.23. The summed E-state index contributed by atoms with van der Waals surface area (Å²) in [4.78, 5) is 17.1. The van der Waals surface area contributed by atoms with Gasteiger partial charge in [-0.3, -0.25) is 9.52 Å². The molecule has 2 fully saturated rings. The Morgan fingerprint density at radius 2 is 1.52 bits per heavy atom. The monoisotopic (exact) mass is 413 g/mol. The zero-order valence-corrected chi connectivity index (χ0v) is 17.5. The molecule has 6 nitrogen and oxygen atoms in total. The van der Waals surface area contributed by atoms with E-state index in [1.165, 1.54) is 0 Å². The lowest BCUT2D eigenvalue weighted by Crippen LogP contribution is -2.28. The molecule has 0 aromatic heterocycles. The minimum atomic E-state index is -3.75. The number of amides is 1. The van der Waals surface area contributed by atoms with E-state index in [0.29, 0.717) is 11.3 Å². The molecule has 2 aromatic carbocycles. The average Bonchev–Trinajstić information content (AvgIpc) is 3.41. The van der Waals surface area contributed by atoms with E-state index in [-0.39, 0.29) is 10.8 Å². The van der Waals surface area contributed by atoms with E-state index < -0.39 is 10.0 Å². The van der Waals surface area contributed by atoms with Gasteiger partial charge in [0.05, 0.1) is 16.3 Å². The Balaban J connectivity index is 1.69. The molecular formula is C22H27N3O3S. The fourth-order valence-corrected chi connectivity index (χ4v) is 5.07. The van der Waals surface area contributed by atoms with E-state index in [1.807, 2.05) is 24.0 Å². The molecule has 4 rings (SSSR count). The summed E-state index contributed by atoms with van der Waals surface area (Å²) in [6, 6.07) is 12.2. The highest BCUT2D eigenvalue weighted by Crippen LogP contribution is 2.32. The minimum absolute atomic E-state index is 0.0359. The number of aryl methyl sites for hydroxylation is 1. The molecule has 2 aliphatic rings. The molecule has 0 aliphatic carbocycles. The first-order valence-corrected chi connectivity index (χ1v) is 11.7. The molecule has 0 radical (unpaired) electrons. The van der Waals surface area contributed by atoms with Crippen LogP contribution in [0.1, 0.15) is 41.6 Å². The molecule has 0 unspecified atom stereocenters. The highest BCUT2D eigenvalue weighted by atomic mass is 32.2. The van der Waals surface area contributed by atoms with Crippen molar-refractivity contribution in [2.75, 3.05) is 35.8 Å². The maximum absolute atomic E-state index is 13.0. The standard InChI is InChI=1S/C22H27N3O3S/c1-17-6-9-19(10-7-17)29(27,28)23-20-16-18(22(26)25-14-4-5-15-25)8-11-21(20)24-12-2-3-13-24/h6-11,16,23H,2-5,12-15H2,1H3. The summed E-state index contributed by atoms with van der Waals surface area (Å²) in [5.74, 6) is -0.0359. The van der Waals surface area contributed by atoms with E-state index in [0.717, 1.165) is 63.1 Å². The van der Waals surface area contributed by atoms with Crippen molar-refractivity contribution in [3.05, 3.63) is 53.6 Å². The quantitative estimate of drug-likeness (QED) is 0.813. The molecule has 2 aliphatic heterocycles. The number of carbonyl (C=O) groups excluding carboxylic acids is 1. The fourth-order valence-electron chi connectivity index (χ4n) is 4.01. The molecule has 0 atom stereocenters.